The minimum absolute atomic E-state index is 0.799. The smallest absolute Gasteiger partial charge is 0.0317 e. The zero-order valence-electron chi connectivity index (χ0n) is 9.69. The highest BCUT2D eigenvalue weighted by Crippen LogP contribution is 2.08. The van der Waals surface area contributed by atoms with Gasteiger partial charge in [0.1, 0.15) is 0 Å². The van der Waals surface area contributed by atoms with Gasteiger partial charge in [-0.3, -0.25) is 0 Å². The van der Waals surface area contributed by atoms with E-state index in [0.29, 0.717) is 0 Å². The van der Waals surface area contributed by atoms with Crippen LogP contribution in [0.5, 0.6) is 0 Å². The van der Waals surface area contributed by atoms with Gasteiger partial charge in [0.15, 0.2) is 0 Å². The fraction of sp³-hybridized carbons (Fsp3) is 0.143. The average Bonchev–Trinajstić information content (AvgIpc) is 2.29. The molecule has 17 heavy (non-hydrogen) atoms. The third kappa shape index (κ3) is 3.50. The average molecular weight is 227 g/mol. The minimum atomic E-state index is 0.799. The molecule has 5 N–H and O–H groups in total. The Bertz CT molecular complexity index is 449. The van der Waals surface area contributed by atoms with Gasteiger partial charge < -0.3 is 16.8 Å². The number of hydrogen-bond acceptors (Lipinski definition) is 3. The van der Waals surface area contributed by atoms with Crippen LogP contribution < -0.4 is 16.8 Å². The summed E-state index contributed by atoms with van der Waals surface area (Å²) in [5.74, 6) is 0. The van der Waals surface area contributed by atoms with E-state index in [1.807, 2.05) is 36.4 Å². The van der Waals surface area contributed by atoms with E-state index in [4.69, 9.17) is 11.5 Å². The molecule has 2 aromatic rings. The predicted octanol–water partition coefficient (Wildman–Crippen LogP) is 2.14. The lowest BCUT2D eigenvalue weighted by Gasteiger charge is -2.06. The predicted molar refractivity (Wildman–Crippen MR) is 72.3 cm³/mol. The molecule has 0 radical (unpaired) electrons. The van der Waals surface area contributed by atoms with Gasteiger partial charge >= 0.3 is 0 Å². The molecule has 0 fully saturated rings. The van der Waals surface area contributed by atoms with E-state index in [-0.39, 0.29) is 0 Å². The lowest BCUT2D eigenvalue weighted by atomic mass is 10.2. The van der Waals surface area contributed by atoms with Gasteiger partial charge in [0.2, 0.25) is 0 Å². The highest BCUT2D eigenvalue weighted by atomic mass is 14.8. The van der Waals surface area contributed by atoms with Crippen LogP contribution in [0.25, 0.3) is 0 Å². The van der Waals surface area contributed by atoms with Crippen molar-refractivity contribution in [3.8, 4) is 0 Å². The molecule has 0 heterocycles. The molecule has 0 aliphatic rings. The van der Waals surface area contributed by atoms with E-state index in [1.54, 1.807) is 0 Å². The Kier molecular flexibility index (Phi) is 3.62. The van der Waals surface area contributed by atoms with E-state index in [9.17, 15) is 0 Å². The molecule has 0 aliphatic carbocycles. The molecular formula is C14H17N3. The normalized spacial score (nSPS) is 10.4. The SMILES string of the molecule is Nc1cccc(CNCc2cccc(N)c2)c1. The Balaban J connectivity index is 1.87. The first-order chi connectivity index (χ1) is 8.24. The largest absolute Gasteiger partial charge is 0.399 e. The first kappa shape index (κ1) is 11.5. The van der Waals surface area contributed by atoms with Gasteiger partial charge in [0.25, 0.3) is 0 Å². The van der Waals surface area contributed by atoms with Crippen LogP contribution >= 0.6 is 0 Å². The number of nitrogens with two attached hydrogens (primary N) is 2. The van der Waals surface area contributed by atoms with Crippen molar-refractivity contribution in [2.45, 2.75) is 13.1 Å². The zero-order chi connectivity index (χ0) is 12.1. The maximum absolute atomic E-state index is 5.72. The Morgan fingerprint density at radius 1 is 0.765 bits per heavy atom. The summed E-state index contributed by atoms with van der Waals surface area (Å²) in [5.41, 5.74) is 15.4. The summed E-state index contributed by atoms with van der Waals surface area (Å²) in [6, 6.07) is 15.8. The molecule has 0 bridgehead atoms. The van der Waals surface area contributed by atoms with E-state index >= 15 is 0 Å². The van der Waals surface area contributed by atoms with E-state index < -0.39 is 0 Å². The number of hydrogen-bond donors (Lipinski definition) is 3. The van der Waals surface area contributed by atoms with Crippen molar-refractivity contribution >= 4 is 11.4 Å². The van der Waals surface area contributed by atoms with Crippen molar-refractivity contribution < 1.29 is 0 Å². The van der Waals surface area contributed by atoms with Gasteiger partial charge in [-0.15, -0.1) is 0 Å². The molecule has 0 spiro atoms. The fourth-order valence-electron chi connectivity index (χ4n) is 1.76. The summed E-state index contributed by atoms with van der Waals surface area (Å²) in [5, 5.41) is 3.36. The molecule has 0 saturated heterocycles. The summed E-state index contributed by atoms with van der Waals surface area (Å²) in [7, 11) is 0. The lowest BCUT2D eigenvalue weighted by Crippen LogP contribution is -2.12. The molecule has 0 unspecified atom stereocenters. The summed E-state index contributed by atoms with van der Waals surface area (Å²) in [6.45, 7) is 1.61. The summed E-state index contributed by atoms with van der Waals surface area (Å²) in [4.78, 5) is 0. The van der Waals surface area contributed by atoms with E-state index in [1.165, 1.54) is 11.1 Å². The van der Waals surface area contributed by atoms with Gasteiger partial charge in [-0.1, -0.05) is 24.3 Å². The molecule has 0 aromatic heterocycles. The maximum Gasteiger partial charge on any atom is 0.0317 e. The first-order valence-corrected chi connectivity index (χ1v) is 5.63. The summed E-state index contributed by atoms with van der Waals surface area (Å²) >= 11 is 0. The fourth-order valence-corrected chi connectivity index (χ4v) is 1.76. The second-order valence-corrected chi connectivity index (χ2v) is 4.09. The standard InChI is InChI=1S/C14H17N3/c15-13-5-1-3-11(7-13)9-17-10-12-4-2-6-14(16)8-12/h1-8,17H,9-10,15-16H2. The number of benzene rings is 2. The van der Waals surface area contributed by atoms with Crippen LogP contribution in [-0.4, -0.2) is 0 Å². The molecule has 0 saturated carbocycles. The van der Waals surface area contributed by atoms with Crippen LogP contribution in [0, 0.1) is 0 Å². The van der Waals surface area contributed by atoms with Crippen LogP contribution in [0.1, 0.15) is 11.1 Å². The van der Waals surface area contributed by atoms with Gasteiger partial charge in [-0.2, -0.15) is 0 Å². The number of nitrogens with one attached hydrogen (secondary N) is 1. The van der Waals surface area contributed by atoms with Gasteiger partial charge in [-0.05, 0) is 35.4 Å². The van der Waals surface area contributed by atoms with Crippen LogP contribution in [0.3, 0.4) is 0 Å². The van der Waals surface area contributed by atoms with Crippen molar-refractivity contribution in [1.82, 2.24) is 5.32 Å². The minimum Gasteiger partial charge on any atom is -0.399 e. The van der Waals surface area contributed by atoms with Crippen molar-refractivity contribution in [3.05, 3.63) is 59.7 Å². The van der Waals surface area contributed by atoms with Crippen molar-refractivity contribution in [2.75, 3.05) is 11.5 Å². The topological polar surface area (TPSA) is 64.1 Å². The second kappa shape index (κ2) is 5.37. The zero-order valence-corrected chi connectivity index (χ0v) is 9.69. The summed E-state index contributed by atoms with van der Waals surface area (Å²) < 4.78 is 0. The van der Waals surface area contributed by atoms with Crippen LogP contribution in [0.15, 0.2) is 48.5 Å². The van der Waals surface area contributed by atoms with E-state index in [2.05, 4.69) is 17.4 Å². The Hall–Kier alpha value is -2.00. The molecule has 2 aromatic carbocycles. The highest BCUT2D eigenvalue weighted by Gasteiger charge is 1.95. The second-order valence-electron chi connectivity index (χ2n) is 4.09. The Morgan fingerprint density at radius 2 is 1.24 bits per heavy atom. The molecular weight excluding hydrogens is 210 g/mol. The Morgan fingerprint density at radius 3 is 1.65 bits per heavy atom. The van der Waals surface area contributed by atoms with E-state index in [0.717, 1.165) is 24.5 Å². The van der Waals surface area contributed by atoms with Crippen molar-refractivity contribution in [3.63, 3.8) is 0 Å². The Labute approximate surface area is 101 Å². The van der Waals surface area contributed by atoms with Crippen LogP contribution in [0.2, 0.25) is 0 Å². The molecule has 0 amide bonds. The molecule has 2 rings (SSSR count). The number of nitrogen functional groups attached to an aromatic ring is 2. The molecule has 3 heteroatoms. The number of rotatable bonds is 4. The molecule has 3 nitrogen and oxygen atoms in total. The van der Waals surface area contributed by atoms with Gasteiger partial charge in [0.05, 0.1) is 0 Å². The number of anilines is 2. The first-order valence-electron chi connectivity index (χ1n) is 5.63. The molecule has 88 valence electrons. The van der Waals surface area contributed by atoms with Crippen LogP contribution in [-0.2, 0) is 13.1 Å². The van der Waals surface area contributed by atoms with Crippen LogP contribution in [0.4, 0.5) is 11.4 Å². The quantitative estimate of drug-likeness (QED) is 0.701. The monoisotopic (exact) mass is 227 g/mol. The highest BCUT2D eigenvalue weighted by molar-refractivity contribution is 5.41. The molecule has 0 aliphatic heterocycles. The van der Waals surface area contributed by atoms with Crippen molar-refractivity contribution in [1.29, 1.82) is 0 Å². The maximum atomic E-state index is 5.72. The lowest BCUT2D eigenvalue weighted by molar-refractivity contribution is 0.694. The van der Waals surface area contributed by atoms with Crippen molar-refractivity contribution in [2.24, 2.45) is 0 Å². The van der Waals surface area contributed by atoms with Gasteiger partial charge in [0, 0.05) is 24.5 Å². The third-order valence-electron chi connectivity index (χ3n) is 2.56. The molecule has 0 atom stereocenters. The van der Waals surface area contributed by atoms with Gasteiger partial charge in [-0.25, -0.2) is 0 Å². The summed E-state index contributed by atoms with van der Waals surface area (Å²) in [6.07, 6.45) is 0. The third-order valence-corrected chi connectivity index (χ3v) is 2.56.